The zero-order valence-electron chi connectivity index (χ0n) is 14.7. The number of halogens is 2. The van der Waals surface area contributed by atoms with E-state index in [0.717, 1.165) is 18.5 Å². The maximum atomic E-state index is 12.5. The smallest absolute Gasteiger partial charge is 0.260 e. The maximum absolute atomic E-state index is 12.5. The van der Waals surface area contributed by atoms with Crippen LogP contribution in [0.4, 0.5) is 5.69 Å². The van der Waals surface area contributed by atoms with Gasteiger partial charge in [-0.15, -0.1) is 0 Å². The van der Waals surface area contributed by atoms with Gasteiger partial charge in [-0.2, -0.15) is 0 Å². The first kappa shape index (κ1) is 19.7. The van der Waals surface area contributed by atoms with Crippen molar-refractivity contribution in [1.82, 2.24) is 4.90 Å². The molecule has 2 aromatic rings. The Morgan fingerprint density at radius 1 is 1.22 bits per heavy atom. The second-order valence-electron chi connectivity index (χ2n) is 6.40. The van der Waals surface area contributed by atoms with Crippen molar-refractivity contribution in [2.24, 2.45) is 5.92 Å². The summed E-state index contributed by atoms with van der Waals surface area (Å²) >= 11 is 9.27. The van der Waals surface area contributed by atoms with Gasteiger partial charge >= 0.3 is 0 Å². The number of rotatable bonds is 5. The van der Waals surface area contributed by atoms with Crippen LogP contribution in [0, 0.1) is 5.92 Å². The van der Waals surface area contributed by atoms with Gasteiger partial charge in [-0.3, -0.25) is 9.59 Å². The molecule has 2 aromatic carbocycles. The van der Waals surface area contributed by atoms with Gasteiger partial charge in [0.05, 0.1) is 10.4 Å². The predicted molar refractivity (Wildman–Crippen MR) is 109 cm³/mol. The Bertz CT molecular complexity index is 816. The monoisotopic (exact) mass is 450 g/mol. The number of likely N-dealkylation sites (tertiary alicyclic amines) is 1. The normalized spacial score (nSPS) is 16.7. The predicted octanol–water partition coefficient (Wildman–Crippen LogP) is 4.36. The summed E-state index contributed by atoms with van der Waals surface area (Å²) in [7, 11) is 0. The lowest BCUT2D eigenvalue weighted by atomic mass is 9.97. The Labute approximate surface area is 171 Å². The van der Waals surface area contributed by atoms with E-state index in [-0.39, 0.29) is 24.3 Å². The van der Waals surface area contributed by atoms with Gasteiger partial charge in [-0.05, 0) is 59.1 Å². The molecule has 2 amide bonds. The molecule has 0 spiro atoms. The standard InChI is InChI=1S/C20H20BrClN2O3/c21-17-11-15(22)8-9-18(17)27-13-19(25)24-10-4-5-14(12-24)20(26)23-16-6-2-1-3-7-16/h1-3,6-9,11,14H,4-5,10,12-13H2,(H,23,26)/t14-/m0/s1. The van der Waals surface area contributed by atoms with Crippen LogP contribution in [-0.4, -0.2) is 36.4 Å². The summed E-state index contributed by atoms with van der Waals surface area (Å²) in [4.78, 5) is 26.7. The third kappa shape index (κ3) is 5.47. The fourth-order valence-electron chi connectivity index (χ4n) is 3.01. The minimum absolute atomic E-state index is 0.0555. The molecular formula is C20H20BrClN2O3. The van der Waals surface area contributed by atoms with Crippen LogP contribution in [0.5, 0.6) is 5.75 Å². The molecule has 0 unspecified atom stereocenters. The topological polar surface area (TPSA) is 58.6 Å². The Hall–Kier alpha value is -2.05. The summed E-state index contributed by atoms with van der Waals surface area (Å²) in [5, 5.41) is 3.50. The Balaban J connectivity index is 1.53. The lowest BCUT2D eigenvalue weighted by Gasteiger charge is -2.32. The molecule has 1 atom stereocenters. The molecular weight excluding hydrogens is 432 g/mol. The van der Waals surface area contributed by atoms with Crippen LogP contribution in [-0.2, 0) is 9.59 Å². The Kier molecular flexibility index (Phi) is 6.74. The van der Waals surface area contributed by atoms with E-state index in [1.807, 2.05) is 30.3 Å². The van der Waals surface area contributed by atoms with Crippen molar-refractivity contribution in [1.29, 1.82) is 0 Å². The molecule has 1 aliphatic heterocycles. The van der Waals surface area contributed by atoms with Crippen molar-refractivity contribution in [2.45, 2.75) is 12.8 Å². The largest absolute Gasteiger partial charge is 0.483 e. The van der Waals surface area contributed by atoms with E-state index in [4.69, 9.17) is 16.3 Å². The highest BCUT2D eigenvalue weighted by Gasteiger charge is 2.28. The molecule has 3 rings (SSSR count). The number of anilines is 1. The van der Waals surface area contributed by atoms with E-state index >= 15 is 0 Å². The zero-order valence-corrected chi connectivity index (χ0v) is 17.0. The Morgan fingerprint density at radius 2 is 2.00 bits per heavy atom. The van der Waals surface area contributed by atoms with E-state index in [2.05, 4.69) is 21.2 Å². The van der Waals surface area contributed by atoms with E-state index in [0.29, 0.717) is 28.3 Å². The van der Waals surface area contributed by atoms with E-state index < -0.39 is 0 Å². The third-order valence-electron chi connectivity index (χ3n) is 4.43. The molecule has 1 N–H and O–H groups in total. The Morgan fingerprint density at radius 3 is 2.74 bits per heavy atom. The van der Waals surface area contributed by atoms with Crippen LogP contribution in [0.15, 0.2) is 53.0 Å². The van der Waals surface area contributed by atoms with Gasteiger partial charge in [-0.25, -0.2) is 0 Å². The van der Waals surface area contributed by atoms with Crippen molar-refractivity contribution in [3.05, 3.63) is 58.0 Å². The molecule has 7 heteroatoms. The summed E-state index contributed by atoms with van der Waals surface area (Å²) in [6.45, 7) is 0.967. The van der Waals surface area contributed by atoms with Crippen molar-refractivity contribution >= 4 is 45.0 Å². The van der Waals surface area contributed by atoms with Crippen LogP contribution >= 0.6 is 27.5 Å². The number of hydrogen-bond donors (Lipinski definition) is 1. The van der Waals surface area contributed by atoms with Gasteiger partial charge < -0.3 is 15.0 Å². The van der Waals surface area contributed by atoms with Crippen LogP contribution in [0.3, 0.4) is 0 Å². The van der Waals surface area contributed by atoms with Gasteiger partial charge in [0.2, 0.25) is 5.91 Å². The number of hydrogen-bond acceptors (Lipinski definition) is 3. The average Bonchev–Trinajstić information content (AvgIpc) is 2.68. The molecule has 5 nitrogen and oxygen atoms in total. The van der Waals surface area contributed by atoms with Gasteiger partial charge in [0.25, 0.3) is 5.91 Å². The number of amides is 2. The number of para-hydroxylation sites is 1. The van der Waals surface area contributed by atoms with Crippen molar-refractivity contribution in [2.75, 3.05) is 25.0 Å². The summed E-state index contributed by atoms with van der Waals surface area (Å²) in [5.41, 5.74) is 0.766. The number of nitrogens with zero attached hydrogens (tertiary/aromatic N) is 1. The first-order valence-electron chi connectivity index (χ1n) is 8.74. The summed E-state index contributed by atoms with van der Waals surface area (Å²) in [5.74, 6) is 0.155. The number of nitrogens with one attached hydrogen (secondary N) is 1. The van der Waals surface area contributed by atoms with Gasteiger partial charge in [0, 0.05) is 23.8 Å². The van der Waals surface area contributed by atoms with Gasteiger partial charge in [0.1, 0.15) is 5.75 Å². The quantitative estimate of drug-likeness (QED) is 0.735. The molecule has 0 aliphatic carbocycles. The fraction of sp³-hybridized carbons (Fsp3) is 0.300. The molecule has 0 bridgehead atoms. The molecule has 1 fully saturated rings. The zero-order chi connectivity index (χ0) is 19.2. The molecule has 0 aromatic heterocycles. The highest BCUT2D eigenvalue weighted by molar-refractivity contribution is 9.10. The third-order valence-corrected chi connectivity index (χ3v) is 5.29. The summed E-state index contributed by atoms with van der Waals surface area (Å²) < 4.78 is 6.30. The molecule has 27 heavy (non-hydrogen) atoms. The van der Waals surface area contributed by atoms with Crippen molar-refractivity contribution in [3.63, 3.8) is 0 Å². The number of carbonyl (C=O) groups is 2. The molecule has 1 aliphatic rings. The molecule has 1 heterocycles. The molecule has 1 saturated heterocycles. The second kappa shape index (κ2) is 9.24. The first-order valence-corrected chi connectivity index (χ1v) is 9.91. The van der Waals surface area contributed by atoms with Gasteiger partial charge in [-0.1, -0.05) is 29.8 Å². The highest BCUT2D eigenvalue weighted by Crippen LogP contribution is 2.28. The number of carbonyl (C=O) groups excluding carboxylic acids is 2. The second-order valence-corrected chi connectivity index (χ2v) is 7.69. The molecule has 0 radical (unpaired) electrons. The maximum Gasteiger partial charge on any atom is 0.260 e. The van der Waals surface area contributed by atoms with Crippen LogP contribution in [0.1, 0.15) is 12.8 Å². The van der Waals surface area contributed by atoms with Crippen LogP contribution < -0.4 is 10.1 Å². The summed E-state index contributed by atoms with van der Waals surface area (Å²) in [6, 6.07) is 14.5. The highest BCUT2D eigenvalue weighted by atomic mass is 79.9. The SMILES string of the molecule is O=C(Nc1ccccc1)[C@H]1CCCN(C(=O)COc2ccc(Cl)cc2Br)C1. The van der Waals surface area contributed by atoms with Crippen LogP contribution in [0.2, 0.25) is 5.02 Å². The molecule has 142 valence electrons. The minimum atomic E-state index is -0.217. The first-order chi connectivity index (χ1) is 13.0. The average molecular weight is 452 g/mol. The number of piperidine rings is 1. The minimum Gasteiger partial charge on any atom is -0.483 e. The van der Waals surface area contributed by atoms with E-state index in [1.54, 1.807) is 23.1 Å². The summed E-state index contributed by atoms with van der Waals surface area (Å²) in [6.07, 6.45) is 1.56. The lowest BCUT2D eigenvalue weighted by molar-refractivity contribution is -0.136. The van der Waals surface area contributed by atoms with Crippen molar-refractivity contribution in [3.8, 4) is 5.75 Å². The van der Waals surface area contributed by atoms with E-state index in [1.165, 1.54) is 0 Å². The fourth-order valence-corrected chi connectivity index (χ4v) is 3.80. The van der Waals surface area contributed by atoms with Gasteiger partial charge in [0.15, 0.2) is 6.61 Å². The van der Waals surface area contributed by atoms with E-state index in [9.17, 15) is 9.59 Å². The molecule has 0 saturated carbocycles. The van der Waals surface area contributed by atoms with Crippen molar-refractivity contribution < 1.29 is 14.3 Å². The van der Waals surface area contributed by atoms with Crippen LogP contribution in [0.25, 0.3) is 0 Å². The lowest BCUT2D eigenvalue weighted by Crippen LogP contribution is -2.45. The number of benzene rings is 2. The number of ether oxygens (including phenoxy) is 1.